The Balaban J connectivity index is 2.57. The average Bonchev–Trinajstić information content (AvgIpc) is 2.66. The third-order valence-corrected chi connectivity index (χ3v) is 2.65. The Morgan fingerprint density at radius 2 is 2.31 bits per heavy atom. The number of nitrogens with zero attached hydrogens (tertiary/aromatic N) is 2. The van der Waals surface area contributed by atoms with Gasteiger partial charge < -0.3 is 15.0 Å². The van der Waals surface area contributed by atoms with Crippen molar-refractivity contribution >= 4 is 0 Å². The Kier molecular flexibility index (Phi) is 5.49. The molecule has 1 aromatic rings. The van der Waals surface area contributed by atoms with Crippen LogP contribution in [0.15, 0.2) is 12.4 Å². The number of aryl methyl sites for hydroxylation is 1. The number of methoxy groups -OCH3 is 1. The second-order valence-electron chi connectivity index (χ2n) is 4.38. The minimum absolute atomic E-state index is 0.00620. The molecule has 4 nitrogen and oxygen atoms in total. The molecule has 0 radical (unpaired) electrons. The van der Waals surface area contributed by atoms with Gasteiger partial charge >= 0.3 is 0 Å². The van der Waals surface area contributed by atoms with E-state index in [2.05, 4.69) is 23.4 Å². The second-order valence-corrected chi connectivity index (χ2v) is 4.38. The van der Waals surface area contributed by atoms with Crippen molar-refractivity contribution in [1.82, 2.24) is 9.55 Å². The van der Waals surface area contributed by atoms with E-state index >= 15 is 0 Å². The fourth-order valence-corrected chi connectivity index (χ4v) is 1.97. The maximum atomic E-state index is 6.16. The van der Waals surface area contributed by atoms with Crippen LogP contribution in [-0.2, 0) is 11.3 Å². The van der Waals surface area contributed by atoms with Crippen LogP contribution in [0, 0.1) is 5.92 Å². The van der Waals surface area contributed by atoms with Gasteiger partial charge in [0.2, 0.25) is 0 Å². The van der Waals surface area contributed by atoms with Gasteiger partial charge in [-0.25, -0.2) is 4.98 Å². The van der Waals surface area contributed by atoms with Crippen LogP contribution in [-0.4, -0.2) is 23.3 Å². The number of rotatable bonds is 7. The molecule has 1 aromatic heterocycles. The predicted molar refractivity (Wildman–Crippen MR) is 65.1 cm³/mol. The fraction of sp³-hybridized carbons (Fsp3) is 0.750. The van der Waals surface area contributed by atoms with Gasteiger partial charge in [0.15, 0.2) is 0 Å². The molecule has 0 bridgehead atoms. The minimum atomic E-state index is 0.00620. The number of imidazole rings is 1. The Hall–Kier alpha value is -0.870. The summed E-state index contributed by atoms with van der Waals surface area (Å²) in [5.41, 5.74) is 6.16. The number of aromatic nitrogens is 2. The molecule has 4 heteroatoms. The lowest BCUT2D eigenvalue weighted by Gasteiger charge is -2.17. The molecule has 2 N–H and O–H groups in total. The lowest BCUT2D eigenvalue weighted by atomic mass is 10.0. The summed E-state index contributed by atoms with van der Waals surface area (Å²) in [6.45, 7) is 6.04. The van der Waals surface area contributed by atoms with Crippen molar-refractivity contribution in [3.63, 3.8) is 0 Å². The fourth-order valence-electron chi connectivity index (χ4n) is 1.97. The summed E-state index contributed by atoms with van der Waals surface area (Å²) in [6, 6.07) is 0.00620. The zero-order valence-corrected chi connectivity index (χ0v) is 10.5. The van der Waals surface area contributed by atoms with Crippen molar-refractivity contribution in [3.05, 3.63) is 18.2 Å². The molecular formula is C12H23N3O. The van der Waals surface area contributed by atoms with Crippen molar-refractivity contribution < 1.29 is 4.74 Å². The van der Waals surface area contributed by atoms with E-state index in [0.717, 1.165) is 31.8 Å². The van der Waals surface area contributed by atoms with Gasteiger partial charge in [-0.2, -0.15) is 0 Å². The summed E-state index contributed by atoms with van der Waals surface area (Å²) in [4.78, 5) is 4.35. The van der Waals surface area contributed by atoms with E-state index in [1.807, 2.05) is 12.4 Å². The van der Waals surface area contributed by atoms with Gasteiger partial charge in [0.25, 0.3) is 0 Å². The molecule has 16 heavy (non-hydrogen) atoms. The van der Waals surface area contributed by atoms with Gasteiger partial charge in [0.05, 0.1) is 6.04 Å². The van der Waals surface area contributed by atoms with Crippen LogP contribution in [0.4, 0.5) is 0 Å². The zero-order chi connectivity index (χ0) is 12.0. The predicted octanol–water partition coefficient (Wildman–Crippen LogP) is 1.97. The lowest BCUT2D eigenvalue weighted by molar-refractivity contribution is 0.151. The van der Waals surface area contributed by atoms with Crippen LogP contribution >= 0.6 is 0 Å². The number of ether oxygens (including phenoxy) is 1. The van der Waals surface area contributed by atoms with Crippen molar-refractivity contribution in [3.8, 4) is 0 Å². The standard InChI is InChI=1S/C12H23N3O/c1-4-6-15-7-5-14-12(15)11(13)8-10(2)9-16-3/h5,7,10-11H,4,6,8-9,13H2,1-3H3. The Morgan fingerprint density at radius 1 is 1.56 bits per heavy atom. The summed E-state index contributed by atoms with van der Waals surface area (Å²) >= 11 is 0. The molecule has 0 saturated carbocycles. The zero-order valence-electron chi connectivity index (χ0n) is 10.5. The summed E-state index contributed by atoms with van der Waals surface area (Å²) in [5.74, 6) is 1.46. The van der Waals surface area contributed by atoms with Gasteiger partial charge in [0.1, 0.15) is 5.82 Å². The molecular weight excluding hydrogens is 202 g/mol. The van der Waals surface area contributed by atoms with Crippen LogP contribution < -0.4 is 5.73 Å². The summed E-state index contributed by atoms with van der Waals surface area (Å²) < 4.78 is 7.26. The van der Waals surface area contributed by atoms with Crippen molar-refractivity contribution in [1.29, 1.82) is 0 Å². The molecule has 2 atom stereocenters. The molecule has 92 valence electrons. The summed E-state index contributed by atoms with van der Waals surface area (Å²) in [7, 11) is 1.72. The highest BCUT2D eigenvalue weighted by Gasteiger charge is 2.15. The third kappa shape index (κ3) is 3.61. The van der Waals surface area contributed by atoms with Crippen LogP contribution in [0.1, 0.15) is 38.6 Å². The summed E-state index contributed by atoms with van der Waals surface area (Å²) in [6.07, 6.45) is 5.84. The first-order valence-electron chi connectivity index (χ1n) is 5.94. The van der Waals surface area contributed by atoms with E-state index in [-0.39, 0.29) is 6.04 Å². The monoisotopic (exact) mass is 225 g/mol. The SMILES string of the molecule is CCCn1ccnc1C(N)CC(C)COC. The maximum Gasteiger partial charge on any atom is 0.125 e. The van der Waals surface area contributed by atoms with Crippen molar-refractivity contribution in [2.75, 3.05) is 13.7 Å². The van der Waals surface area contributed by atoms with Crippen LogP contribution in [0.25, 0.3) is 0 Å². The molecule has 0 amide bonds. The number of nitrogens with two attached hydrogens (primary N) is 1. The van der Waals surface area contributed by atoms with Gasteiger partial charge in [-0.3, -0.25) is 0 Å². The van der Waals surface area contributed by atoms with Crippen LogP contribution in [0.2, 0.25) is 0 Å². The molecule has 0 saturated heterocycles. The highest BCUT2D eigenvalue weighted by Crippen LogP contribution is 2.18. The number of hydrogen-bond donors (Lipinski definition) is 1. The molecule has 0 aromatic carbocycles. The van der Waals surface area contributed by atoms with E-state index in [4.69, 9.17) is 10.5 Å². The van der Waals surface area contributed by atoms with Crippen LogP contribution in [0.3, 0.4) is 0 Å². The Morgan fingerprint density at radius 3 is 2.94 bits per heavy atom. The first-order valence-corrected chi connectivity index (χ1v) is 5.94. The highest BCUT2D eigenvalue weighted by atomic mass is 16.5. The van der Waals surface area contributed by atoms with Gasteiger partial charge in [-0.1, -0.05) is 13.8 Å². The molecule has 0 aliphatic carbocycles. The van der Waals surface area contributed by atoms with Gasteiger partial charge in [0, 0.05) is 32.7 Å². The Bertz CT molecular complexity index is 298. The molecule has 0 aliphatic heterocycles. The van der Waals surface area contributed by atoms with E-state index in [9.17, 15) is 0 Å². The van der Waals surface area contributed by atoms with Crippen LogP contribution in [0.5, 0.6) is 0 Å². The molecule has 0 spiro atoms. The maximum absolute atomic E-state index is 6.16. The topological polar surface area (TPSA) is 53.1 Å². The number of hydrogen-bond acceptors (Lipinski definition) is 3. The first-order chi connectivity index (χ1) is 7.69. The van der Waals surface area contributed by atoms with Gasteiger partial charge in [-0.05, 0) is 18.8 Å². The van der Waals surface area contributed by atoms with Crippen molar-refractivity contribution in [2.24, 2.45) is 11.7 Å². The normalized spacial score (nSPS) is 15.0. The quantitative estimate of drug-likeness (QED) is 0.772. The third-order valence-electron chi connectivity index (χ3n) is 2.65. The van der Waals surface area contributed by atoms with E-state index in [1.165, 1.54) is 0 Å². The molecule has 1 heterocycles. The lowest BCUT2D eigenvalue weighted by Crippen LogP contribution is -2.20. The largest absolute Gasteiger partial charge is 0.384 e. The first kappa shape index (κ1) is 13.2. The van der Waals surface area contributed by atoms with E-state index in [1.54, 1.807) is 7.11 Å². The second kappa shape index (κ2) is 6.66. The molecule has 1 rings (SSSR count). The highest BCUT2D eigenvalue weighted by molar-refractivity contribution is 4.98. The molecule has 0 fully saturated rings. The van der Waals surface area contributed by atoms with Gasteiger partial charge in [-0.15, -0.1) is 0 Å². The molecule has 2 unspecified atom stereocenters. The van der Waals surface area contributed by atoms with Crippen molar-refractivity contribution in [2.45, 2.75) is 39.3 Å². The van der Waals surface area contributed by atoms with E-state index in [0.29, 0.717) is 5.92 Å². The minimum Gasteiger partial charge on any atom is -0.384 e. The van der Waals surface area contributed by atoms with E-state index < -0.39 is 0 Å². The summed E-state index contributed by atoms with van der Waals surface area (Å²) in [5, 5.41) is 0. The average molecular weight is 225 g/mol. The Labute approximate surface area is 97.8 Å². The smallest absolute Gasteiger partial charge is 0.125 e. The molecule has 0 aliphatic rings.